The standard InChI is InChI=1S/C18H24N2OS/c1-15-14-22-18(21)20(15)13-12-19-11-5-8-17(19)10-9-16-6-3-2-4-7-16/h2-4,6-7,14,17H,5,8-13H2,1H3/t17-/m1/s1. The molecular weight excluding hydrogens is 292 g/mol. The van der Waals surface area contributed by atoms with Crippen molar-refractivity contribution in [3.8, 4) is 0 Å². The highest BCUT2D eigenvalue weighted by atomic mass is 32.1. The molecule has 1 aromatic carbocycles. The zero-order chi connectivity index (χ0) is 15.4. The molecule has 0 bridgehead atoms. The van der Waals surface area contributed by atoms with Crippen LogP contribution in [0, 0.1) is 6.92 Å². The molecule has 3 nitrogen and oxygen atoms in total. The summed E-state index contributed by atoms with van der Waals surface area (Å²) in [7, 11) is 0. The number of hydrogen-bond acceptors (Lipinski definition) is 3. The lowest BCUT2D eigenvalue weighted by Gasteiger charge is -2.24. The van der Waals surface area contributed by atoms with E-state index in [1.54, 1.807) is 0 Å². The molecule has 2 aromatic rings. The zero-order valence-corrected chi connectivity index (χ0v) is 14.0. The van der Waals surface area contributed by atoms with E-state index in [9.17, 15) is 4.79 Å². The quantitative estimate of drug-likeness (QED) is 0.817. The summed E-state index contributed by atoms with van der Waals surface area (Å²) in [5.41, 5.74) is 2.52. The predicted octanol–water partition coefficient (Wildman–Crippen LogP) is 3.32. The third-order valence-electron chi connectivity index (χ3n) is 4.70. The fraction of sp³-hybridized carbons (Fsp3) is 0.500. The molecule has 1 aromatic heterocycles. The highest BCUT2D eigenvalue weighted by Crippen LogP contribution is 2.21. The first-order valence-corrected chi connectivity index (χ1v) is 9.05. The molecule has 2 heterocycles. The van der Waals surface area contributed by atoms with Gasteiger partial charge in [-0.05, 0) is 44.7 Å². The maximum atomic E-state index is 11.8. The van der Waals surface area contributed by atoms with E-state index in [2.05, 4.69) is 35.2 Å². The molecule has 4 heteroatoms. The molecule has 0 N–H and O–H groups in total. The molecule has 1 atom stereocenters. The minimum Gasteiger partial charge on any atom is -0.302 e. The molecule has 1 aliphatic heterocycles. The molecule has 1 aliphatic rings. The van der Waals surface area contributed by atoms with Crippen LogP contribution >= 0.6 is 11.3 Å². The first kappa shape index (κ1) is 15.5. The lowest BCUT2D eigenvalue weighted by Crippen LogP contribution is -2.34. The van der Waals surface area contributed by atoms with E-state index in [4.69, 9.17) is 0 Å². The Morgan fingerprint density at radius 2 is 2.05 bits per heavy atom. The van der Waals surface area contributed by atoms with E-state index in [-0.39, 0.29) is 4.87 Å². The van der Waals surface area contributed by atoms with Crippen LogP contribution in [0.4, 0.5) is 0 Å². The summed E-state index contributed by atoms with van der Waals surface area (Å²) >= 11 is 1.31. The van der Waals surface area contributed by atoms with Crippen molar-refractivity contribution in [1.29, 1.82) is 0 Å². The fourth-order valence-electron chi connectivity index (χ4n) is 3.40. The van der Waals surface area contributed by atoms with Gasteiger partial charge in [0.05, 0.1) is 0 Å². The van der Waals surface area contributed by atoms with Gasteiger partial charge in [-0.25, -0.2) is 0 Å². The average molecular weight is 316 g/mol. The summed E-state index contributed by atoms with van der Waals surface area (Å²) in [5, 5.41) is 1.96. The van der Waals surface area contributed by atoms with Crippen LogP contribution in [-0.2, 0) is 13.0 Å². The monoisotopic (exact) mass is 316 g/mol. The Balaban J connectivity index is 1.53. The van der Waals surface area contributed by atoms with Gasteiger partial charge in [-0.2, -0.15) is 0 Å². The fourth-order valence-corrected chi connectivity index (χ4v) is 4.16. The largest absolute Gasteiger partial charge is 0.307 e. The number of hydrogen-bond donors (Lipinski definition) is 0. The molecule has 1 fully saturated rings. The van der Waals surface area contributed by atoms with Gasteiger partial charge in [0.25, 0.3) is 0 Å². The van der Waals surface area contributed by atoms with Crippen molar-refractivity contribution in [3.63, 3.8) is 0 Å². The van der Waals surface area contributed by atoms with Crippen molar-refractivity contribution >= 4 is 11.3 Å². The van der Waals surface area contributed by atoms with E-state index in [1.807, 2.05) is 16.9 Å². The Kier molecular flexibility index (Phi) is 5.11. The molecule has 0 aliphatic carbocycles. The van der Waals surface area contributed by atoms with Crippen LogP contribution in [0.15, 0.2) is 40.5 Å². The SMILES string of the molecule is Cc1csc(=O)n1CCN1CCC[C@@H]1CCc1ccccc1. The Labute approximate surface area is 136 Å². The third-order valence-corrected chi connectivity index (χ3v) is 5.58. The summed E-state index contributed by atoms with van der Waals surface area (Å²) in [6.45, 7) is 5.03. The summed E-state index contributed by atoms with van der Waals surface area (Å²) in [4.78, 5) is 14.6. The number of likely N-dealkylation sites (tertiary alicyclic amines) is 1. The Morgan fingerprint density at radius 3 is 2.77 bits per heavy atom. The topological polar surface area (TPSA) is 25.2 Å². The van der Waals surface area contributed by atoms with Gasteiger partial charge in [0.15, 0.2) is 0 Å². The smallest absolute Gasteiger partial charge is 0.302 e. The average Bonchev–Trinajstić information content (AvgIpc) is 3.11. The summed E-state index contributed by atoms with van der Waals surface area (Å²) < 4.78 is 1.91. The molecule has 1 saturated heterocycles. The molecule has 0 saturated carbocycles. The van der Waals surface area contributed by atoms with Crippen LogP contribution in [0.25, 0.3) is 0 Å². The molecule has 22 heavy (non-hydrogen) atoms. The lowest BCUT2D eigenvalue weighted by molar-refractivity contribution is 0.233. The van der Waals surface area contributed by atoms with Gasteiger partial charge in [-0.15, -0.1) is 0 Å². The van der Waals surface area contributed by atoms with E-state index in [0.717, 1.165) is 25.2 Å². The van der Waals surface area contributed by atoms with Gasteiger partial charge in [0, 0.05) is 30.2 Å². The van der Waals surface area contributed by atoms with Crippen molar-refractivity contribution in [2.75, 3.05) is 13.1 Å². The number of nitrogens with zero attached hydrogens (tertiary/aromatic N) is 2. The van der Waals surface area contributed by atoms with E-state index in [0.29, 0.717) is 6.04 Å². The van der Waals surface area contributed by atoms with Gasteiger partial charge in [0.1, 0.15) is 0 Å². The van der Waals surface area contributed by atoms with E-state index in [1.165, 1.54) is 42.7 Å². The summed E-state index contributed by atoms with van der Waals surface area (Å²) in [6, 6.07) is 11.4. The van der Waals surface area contributed by atoms with Crippen molar-refractivity contribution < 1.29 is 0 Å². The molecule has 118 valence electrons. The van der Waals surface area contributed by atoms with Crippen LogP contribution < -0.4 is 4.87 Å². The Hall–Kier alpha value is -1.39. The second-order valence-electron chi connectivity index (χ2n) is 6.15. The molecule has 0 spiro atoms. The number of aromatic nitrogens is 1. The lowest BCUT2D eigenvalue weighted by atomic mass is 10.0. The highest BCUT2D eigenvalue weighted by molar-refractivity contribution is 7.07. The number of thiazole rings is 1. The zero-order valence-electron chi connectivity index (χ0n) is 13.2. The van der Waals surface area contributed by atoms with Gasteiger partial charge >= 0.3 is 4.87 Å². The first-order valence-electron chi connectivity index (χ1n) is 8.17. The van der Waals surface area contributed by atoms with Crippen LogP contribution in [0.3, 0.4) is 0 Å². The van der Waals surface area contributed by atoms with Crippen LogP contribution in [0.1, 0.15) is 30.5 Å². The van der Waals surface area contributed by atoms with Gasteiger partial charge in [0.2, 0.25) is 0 Å². The molecule has 0 radical (unpaired) electrons. The van der Waals surface area contributed by atoms with Gasteiger partial charge in [-0.3, -0.25) is 9.69 Å². The molecular formula is C18H24N2OS. The van der Waals surface area contributed by atoms with Crippen molar-refractivity contribution in [1.82, 2.24) is 9.47 Å². The predicted molar refractivity (Wildman–Crippen MR) is 92.7 cm³/mol. The van der Waals surface area contributed by atoms with E-state index < -0.39 is 0 Å². The van der Waals surface area contributed by atoms with Gasteiger partial charge < -0.3 is 4.57 Å². The van der Waals surface area contributed by atoms with Gasteiger partial charge in [-0.1, -0.05) is 41.7 Å². The number of rotatable bonds is 6. The summed E-state index contributed by atoms with van der Waals surface area (Å²) in [6.07, 6.45) is 4.96. The first-order chi connectivity index (χ1) is 10.7. The van der Waals surface area contributed by atoms with Crippen LogP contribution in [-0.4, -0.2) is 28.6 Å². The maximum absolute atomic E-state index is 11.8. The third kappa shape index (κ3) is 3.68. The minimum atomic E-state index is 0.178. The van der Waals surface area contributed by atoms with Crippen molar-refractivity contribution in [2.24, 2.45) is 0 Å². The number of aryl methyl sites for hydroxylation is 2. The highest BCUT2D eigenvalue weighted by Gasteiger charge is 2.23. The van der Waals surface area contributed by atoms with Crippen molar-refractivity contribution in [3.05, 3.63) is 56.6 Å². The Bertz CT molecular complexity index is 647. The van der Waals surface area contributed by atoms with Crippen LogP contribution in [0.2, 0.25) is 0 Å². The molecule has 3 rings (SSSR count). The summed E-state index contributed by atoms with van der Waals surface area (Å²) in [5.74, 6) is 0. The normalized spacial score (nSPS) is 18.9. The molecule has 0 unspecified atom stereocenters. The second kappa shape index (κ2) is 7.25. The second-order valence-corrected chi connectivity index (χ2v) is 6.97. The van der Waals surface area contributed by atoms with Crippen molar-refractivity contribution in [2.45, 2.75) is 45.2 Å². The Morgan fingerprint density at radius 1 is 1.23 bits per heavy atom. The molecule has 0 amide bonds. The number of benzene rings is 1. The van der Waals surface area contributed by atoms with E-state index >= 15 is 0 Å². The minimum absolute atomic E-state index is 0.178. The van der Waals surface area contributed by atoms with Crippen LogP contribution in [0.5, 0.6) is 0 Å². The maximum Gasteiger partial charge on any atom is 0.307 e.